The van der Waals surface area contributed by atoms with Crippen LogP contribution in [0.15, 0.2) is 70.7 Å². The summed E-state index contributed by atoms with van der Waals surface area (Å²) in [5.74, 6) is -0.296. The van der Waals surface area contributed by atoms with Crippen LogP contribution in [0.2, 0.25) is 0 Å². The maximum absolute atomic E-state index is 13.5. The van der Waals surface area contributed by atoms with E-state index in [1.54, 1.807) is 40.5 Å². The van der Waals surface area contributed by atoms with E-state index in [0.29, 0.717) is 40.6 Å². The first-order valence-electron chi connectivity index (χ1n) is 11.1. The summed E-state index contributed by atoms with van der Waals surface area (Å²) in [6.45, 7) is 2.13. The van der Waals surface area contributed by atoms with Crippen LogP contribution in [-0.4, -0.2) is 45.3 Å². The normalized spacial score (nSPS) is 11.1. The molecule has 180 valence electrons. The first-order chi connectivity index (χ1) is 16.9. The Hall–Kier alpha value is -3.69. The molecule has 4 rings (SSSR count). The third-order valence-corrected chi connectivity index (χ3v) is 6.51. The van der Waals surface area contributed by atoms with Gasteiger partial charge in [0.2, 0.25) is 5.91 Å². The smallest absolute Gasteiger partial charge is 0.278 e. The molecule has 0 spiro atoms. The maximum atomic E-state index is 13.5. The average Bonchev–Trinajstić information content (AvgIpc) is 3.19. The van der Waals surface area contributed by atoms with Crippen molar-refractivity contribution in [2.24, 2.45) is 7.05 Å². The highest BCUT2D eigenvalue weighted by Crippen LogP contribution is 2.29. The largest absolute Gasteiger partial charge is 0.383 e. The van der Waals surface area contributed by atoms with E-state index in [1.807, 2.05) is 43.6 Å². The number of Topliss-reactive ketones (excluding diaryl/α,β-unsaturated/α-hetero) is 1. The van der Waals surface area contributed by atoms with Crippen molar-refractivity contribution in [3.63, 3.8) is 0 Å². The maximum Gasteiger partial charge on any atom is 0.278 e. The Kier molecular flexibility index (Phi) is 7.48. The Labute approximate surface area is 206 Å². The third-order valence-electron chi connectivity index (χ3n) is 5.53. The zero-order valence-electron chi connectivity index (χ0n) is 19.8. The van der Waals surface area contributed by atoms with E-state index in [2.05, 4.69) is 5.32 Å². The second-order valence-corrected chi connectivity index (χ2v) is 8.98. The zero-order valence-corrected chi connectivity index (χ0v) is 20.6. The Morgan fingerprint density at radius 2 is 1.89 bits per heavy atom. The van der Waals surface area contributed by atoms with Crippen molar-refractivity contribution in [3.8, 4) is 11.1 Å². The van der Waals surface area contributed by atoms with Gasteiger partial charge in [0.15, 0.2) is 10.9 Å². The topological polar surface area (TPSA) is 95.2 Å². The molecule has 0 saturated heterocycles. The van der Waals surface area contributed by atoms with E-state index in [4.69, 9.17) is 9.72 Å². The number of carbonyl (C=O) groups is 2. The summed E-state index contributed by atoms with van der Waals surface area (Å²) in [5.41, 5.74) is 3.77. The van der Waals surface area contributed by atoms with Crippen LogP contribution in [0.25, 0.3) is 22.2 Å². The van der Waals surface area contributed by atoms with E-state index in [1.165, 1.54) is 18.7 Å². The molecule has 0 radical (unpaired) electrons. The van der Waals surface area contributed by atoms with Crippen molar-refractivity contribution in [1.82, 2.24) is 14.1 Å². The number of thioether (sulfide) groups is 1. The first-order valence-corrected chi connectivity index (χ1v) is 12.1. The van der Waals surface area contributed by atoms with Gasteiger partial charge in [-0.05, 0) is 24.6 Å². The summed E-state index contributed by atoms with van der Waals surface area (Å²) in [6.07, 6.45) is 1.90. The zero-order chi connectivity index (χ0) is 24.9. The van der Waals surface area contributed by atoms with E-state index < -0.39 is 0 Å². The fraction of sp³-hybridized carbons (Fsp3) is 0.231. The summed E-state index contributed by atoms with van der Waals surface area (Å²) < 4.78 is 8.54. The lowest BCUT2D eigenvalue weighted by Crippen LogP contribution is -2.27. The summed E-state index contributed by atoms with van der Waals surface area (Å²) in [7, 11) is 3.40. The highest BCUT2D eigenvalue weighted by Gasteiger charge is 2.19. The van der Waals surface area contributed by atoms with Crippen LogP contribution in [0.1, 0.15) is 17.3 Å². The van der Waals surface area contributed by atoms with Gasteiger partial charge in [-0.25, -0.2) is 4.98 Å². The van der Waals surface area contributed by atoms with Gasteiger partial charge in [0.25, 0.3) is 5.56 Å². The number of aryl methyl sites for hydroxylation is 1. The van der Waals surface area contributed by atoms with Gasteiger partial charge >= 0.3 is 0 Å². The molecule has 4 aromatic rings. The van der Waals surface area contributed by atoms with Crippen molar-refractivity contribution in [2.75, 3.05) is 24.8 Å². The molecule has 9 heteroatoms. The van der Waals surface area contributed by atoms with Crippen LogP contribution in [0.5, 0.6) is 0 Å². The molecule has 2 aromatic heterocycles. The van der Waals surface area contributed by atoms with Crippen LogP contribution >= 0.6 is 11.8 Å². The number of fused-ring (bicyclic) bond motifs is 1. The fourth-order valence-electron chi connectivity index (χ4n) is 3.81. The second-order valence-electron chi connectivity index (χ2n) is 8.03. The Morgan fingerprint density at radius 1 is 1.11 bits per heavy atom. The standard InChI is InChI=1S/C26H26N4O4S/c1-17(31)19-10-7-11-20(14-19)27-22(32)16-35-26-28-23-21(18-8-5-4-6-9-18)15-29(2)24(23)25(33)30(26)12-13-34-3/h4-11,14-15H,12-13,16H2,1-3H3,(H,27,32). The van der Waals surface area contributed by atoms with E-state index in [9.17, 15) is 14.4 Å². The lowest BCUT2D eigenvalue weighted by Gasteiger charge is -2.13. The lowest BCUT2D eigenvalue weighted by molar-refractivity contribution is -0.113. The molecule has 0 aliphatic rings. The predicted octanol–water partition coefficient (Wildman–Crippen LogP) is 3.98. The number of nitrogens with one attached hydrogen (secondary N) is 1. The van der Waals surface area contributed by atoms with Crippen LogP contribution in [0.3, 0.4) is 0 Å². The van der Waals surface area contributed by atoms with Gasteiger partial charge in [0.1, 0.15) is 11.0 Å². The fourth-order valence-corrected chi connectivity index (χ4v) is 4.63. The van der Waals surface area contributed by atoms with Gasteiger partial charge in [-0.1, -0.05) is 54.2 Å². The number of anilines is 1. The van der Waals surface area contributed by atoms with Gasteiger partial charge in [-0.2, -0.15) is 0 Å². The summed E-state index contributed by atoms with van der Waals surface area (Å²) >= 11 is 1.19. The highest BCUT2D eigenvalue weighted by molar-refractivity contribution is 7.99. The molecule has 0 fully saturated rings. The number of amides is 1. The molecule has 35 heavy (non-hydrogen) atoms. The minimum Gasteiger partial charge on any atom is -0.383 e. The van der Waals surface area contributed by atoms with Crippen molar-refractivity contribution in [2.45, 2.75) is 18.6 Å². The van der Waals surface area contributed by atoms with Crippen LogP contribution in [-0.2, 0) is 23.1 Å². The SMILES string of the molecule is COCCn1c(SCC(=O)Nc2cccc(C(C)=O)c2)nc2c(-c3ccccc3)cn(C)c2c1=O. The molecule has 8 nitrogen and oxygen atoms in total. The Morgan fingerprint density at radius 3 is 2.60 bits per heavy atom. The second kappa shape index (κ2) is 10.7. The number of nitrogens with zero attached hydrogens (tertiary/aromatic N) is 3. The average molecular weight is 491 g/mol. The molecule has 1 amide bonds. The number of hydrogen-bond acceptors (Lipinski definition) is 6. The first kappa shape index (κ1) is 24.4. The number of carbonyl (C=O) groups excluding carboxylic acids is 2. The molecule has 2 aromatic carbocycles. The Bertz CT molecular complexity index is 1440. The molecule has 0 saturated carbocycles. The lowest BCUT2D eigenvalue weighted by atomic mass is 10.1. The molecule has 0 atom stereocenters. The number of hydrogen-bond donors (Lipinski definition) is 1. The molecule has 0 bridgehead atoms. The van der Waals surface area contributed by atoms with E-state index >= 15 is 0 Å². The predicted molar refractivity (Wildman–Crippen MR) is 138 cm³/mol. The molecular weight excluding hydrogens is 464 g/mol. The van der Waals surface area contributed by atoms with E-state index in [0.717, 1.165) is 11.1 Å². The Balaban J connectivity index is 1.66. The van der Waals surface area contributed by atoms with Gasteiger partial charge in [0.05, 0.1) is 18.9 Å². The number of ether oxygens (including phenoxy) is 1. The van der Waals surface area contributed by atoms with Gasteiger partial charge in [-0.15, -0.1) is 0 Å². The van der Waals surface area contributed by atoms with Crippen molar-refractivity contribution < 1.29 is 14.3 Å². The number of ketones is 1. The van der Waals surface area contributed by atoms with Gasteiger partial charge in [0, 0.05) is 37.2 Å². The number of benzene rings is 2. The van der Waals surface area contributed by atoms with Crippen LogP contribution < -0.4 is 10.9 Å². The third kappa shape index (κ3) is 5.36. The van der Waals surface area contributed by atoms with Crippen molar-refractivity contribution in [1.29, 1.82) is 0 Å². The van der Waals surface area contributed by atoms with E-state index in [-0.39, 0.29) is 23.0 Å². The summed E-state index contributed by atoms with van der Waals surface area (Å²) in [6, 6.07) is 16.5. The summed E-state index contributed by atoms with van der Waals surface area (Å²) in [5, 5.41) is 3.25. The van der Waals surface area contributed by atoms with Gasteiger partial charge < -0.3 is 14.6 Å². The highest BCUT2D eigenvalue weighted by atomic mass is 32.2. The number of rotatable bonds is 9. The minimum atomic E-state index is -0.264. The number of aromatic nitrogens is 3. The molecule has 2 heterocycles. The molecule has 0 unspecified atom stereocenters. The molecule has 1 N–H and O–H groups in total. The minimum absolute atomic E-state index is 0.0444. The van der Waals surface area contributed by atoms with Crippen molar-refractivity contribution in [3.05, 3.63) is 76.7 Å². The van der Waals surface area contributed by atoms with Crippen LogP contribution in [0.4, 0.5) is 5.69 Å². The van der Waals surface area contributed by atoms with Crippen LogP contribution in [0, 0.1) is 0 Å². The summed E-state index contributed by atoms with van der Waals surface area (Å²) in [4.78, 5) is 42.6. The monoisotopic (exact) mass is 490 g/mol. The number of methoxy groups -OCH3 is 1. The quantitative estimate of drug-likeness (QED) is 0.217. The van der Waals surface area contributed by atoms with Crippen molar-refractivity contribution >= 4 is 40.2 Å². The molecule has 0 aliphatic heterocycles. The molecular formula is C26H26N4O4S. The van der Waals surface area contributed by atoms with Gasteiger partial charge in [-0.3, -0.25) is 19.0 Å². The molecule has 0 aliphatic carbocycles.